The number of ether oxygens (including phenoxy) is 1. The van der Waals surface area contributed by atoms with Crippen LogP contribution < -0.4 is 0 Å². The van der Waals surface area contributed by atoms with E-state index in [1.165, 1.54) is 83.1 Å². The highest BCUT2D eigenvalue weighted by Gasteiger charge is 1.94. The molecule has 0 aliphatic heterocycles. The normalized spacial score (nSPS) is 11.0. The average Bonchev–Trinajstić information content (AvgIpc) is 2.60. The second-order valence-electron chi connectivity index (χ2n) is 6.66. The molecule has 0 aliphatic carbocycles. The molecule has 0 spiro atoms. The van der Waals surface area contributed by atoms with E-state index in [1.54, 1.807) is 0 Å². The third kappa shape index (κ3) is 19.0. The highest BCUT2D eigenvalue weighted by Crippen LogP contribution is 2.12. The van der Waals surface area contributed by atoms with Crippen LogP contribution >= 0.6 is 0 Å². The molecule has 0 heterocycles. The summed E-state index contributed by atoms with van der Waals surface area (Å²) in [7, 11) is 0. The number of esters is 1. The van der Waals surface area contributed by atoms with Crippen LogP contribution in [0.25, 0.3) is 0 Å². The Morgan fingerprint density at radius 3 is 1.71 bits per heavy atom. The number of carbonyl (C=O) groups excluding carboxylic acids is 1. The van der Waals surface area contributed by atoms with Gasteiger partial charge in [-0.25, -0.2) is 4.79 Å². The van der Waals surface area contributed by atoms with Crippen LogP contribution in [0.2, 0.25) is 0 Å². The van der Waals surface area contributed by atoms with Crippen molar-refractivity contribution in [2.45, 2.75) is 103 Å². The lowest BCUT2D eigenvalue weighted by Gasteiger charge is -2.02. The molecule has 2 nitrogen and oxygen atoms in total. The molecule has 0 amide bonds. The van der Waals surface area contributed by atoms with E-state index < -0.39 is 0 Å². The van der Waals surface area contributed by atoms with Gasteiger partial charge in [0.05, 0.1) is 6.61 Å². The van der Waals surface area contributed by atoms with Crippen molar-refractivity contribution in [1.82, 2.24) is 0 Å². The average molecular weight is 337 g/mol. The fourth-order valence-electron chi connectivity index (χ4n) is 2.76. The topological polar surface area (TPSA) is 26.3 Å². The van der Waals surface area contributed by atoms with Crippen LogP contribution in [0.5, 0.6) is 0 Å². The molecule has 140 valence electrons. The molecule has 0 aliphatic rings. The van der Waals surface area contributed by atoms with E-state index in [2.05, 4.69) is 25.7 Å². The van der Waals surface area contributed by atoms with Crippen LogP contribution in [0.1, 0.15) is 103 Å². The summed E-state index contributed by atoms with van der Waals surface area (Å²) in [6.07, 6.45) is 25.6. The highest BCUT2D eigenvalue weighted by molar-refractivity contribution is 5.81. The molecule has 0 fully saturated rings. The zero-order chi connectivity index (χ0) is 17.7. The van der Waals surface area contributed by atoms with E-state index in [1.807, 2.05) is 0 Å². The first-order chi connectivity index (χ1) is 11.8. The first-order valence-corrected chi connectivity index (χ1v) is 10.3. The van der Waals surface area contributed by atoms with Crippen molar-refractivity contribution < 1.29 is 9.53 Å². The minimum atomic E-state index is -0.318. The Morgan fingerprint density at radius 1 is 0.750 bits per heavy atom. The smallest absolute Gasteiger partial charge is 0.330 e. The first-order valence-electron chi connectivity index (χ1n) is 10.3. The van der Waals surface area contributed by atoms with Gasteiger partial charge in [-0.1, -0.05) is 89.9 Å². The summed E-state index contributed by atoms with van der Waals surface area (Å²) in [5, 5.41) is 0. The fraction of sp³-hybridized carbons (Fsp3) is 0.773. The lowest BCUT2D eigenvalue weighted by Crippen LogP contribution is -2.01. The van der Waals surface area contributed by atoms with Gasteiger partial charge in [-0.3, -0.25) is 0 Å². The predicted molar refractivity (Wildman–Crippen MR) is 105 cm³/mol. The Hall–Kier alpha value is -1.05. The largest absolute Gasteiger partial charge is 0.463 e. The Balaban J connectivity index is 3.11. The number of unbranched alkanes of at least 4 members (excludes halogenated alkanes) is 13. The summed E-state index contributed by atoms with van der Waals surface area (Å²) in [5.74, 6) is -0.318. The molecule has 0 saturated carbocycles. The van der Waals surface area contributed by atoms with Gasteiger partial charge in [0.2, 0.25) is 0 Å². The lowest BCUT2D eigenvalue weighted by atomic mass is 10.1. The summed E-state index contributed by atoms with van der Waals surface area (Å²) in [4.78, 5) is 10.8. The molecule has 0 radical (unpaired) electrons. The van der Waals surface area contributed by atoms with Gasteiger partial charge in [-0.05, 0) is 32.1 Å². The van der Waals surface area contributed by atoms with E-state index in [9.17, 15) is 4.79 Å². The fourth-order valence-corrected chi connectivity index (χ4v) is 2.76. The predicted octanol–water partition coefficient (Wildman–Crippen LogP) is 7.14. The maximum absolute atomic E-state index is 10.8. The van der Waals surface area contributed by atoms with Crippen molar-refractivity contribution in [3.8, 4) is 0 Å². The van der Waals surface area contributed by atoms with Gasteiger partial charge in [-0.15, -0.1) is 0 Å². The molecule has 0 aromatic rings. The van der Waals surface area contributed by atoms with Gasteiger partial charge in [0.15, 0.2) is 0 Å². The Bertz CT molecular complexity index is 307. The zero-order valence-corrected chi connectivity index (χ0v) is 16.1. The molecule has 0 aromatic carbocycles. The number of rotatable bonds is 18. The van der Waals surface area contributed by atoms with Gasteiger partial charge in [0.1, 0.15) is 0 Å². The number of hydrogen-bond donors (Lipinski definition) is 0. The Labute approximate surface area is 150 Å². The lowest BCUT2D eigenvalue weighted by molar-refractivity contribution is -0.137. The molecule has 24 heavy (non-hydrogen) atoms. The summed E-state index contributed by atoms with van der Waals surface area (Å²) >= 11 is 0. The molecule has 2 heteroatoms. The Morgan fingerprint density at radius 2 is 1.21 bits per heavy atom. The third-order valence-corrected chi connectivity index (χ3v) is 4.32. The standard InChI is InChI=1S/C22H40O2/c1-3-5-6-7-8-9-10-11-12-13-14-15-16-17-18-19-20-21-24-22(23)4-2/h4,16-17H,2-3,5-15,18-21H2,1H3/b17-16+. The molecule has 0 N–H and O–H groups in total. The summed E-state index contributed by atoms with van der Waals surface area (Å²) in [6.45, 7) is 6.16. The molecular weight excluding hydrogens is 296 g/mol. The molecule has 0 unspecified atom stereocenters. The number of hydrogen-bond acceptors (Lipinski definition) is 2. The van der Waals surface area contributed by atoms with Gasteiger partial charge in [-0.2, -0.15) is 0 Å². The maximum atomic E-state index is 10.8. The maximum Gasteiger partial charge on any atom is 0.330 e. The molecule has 0 bridgehead atoms. The Kier molecular flexibility index (Phi) is 19.1. The molecule has 0 rings (SSSR count). The molecule has 0 aromatic heterocycles. The molecule has 0 atom stereocenters. The highest BCUT2D eigenvalue weighted by atomic mass is 16.5. The van der Waals surface area contributed by atoms with Crippen LogP contribution in [0, 0.1) is 0 Å². The minimum absolute atomic E-state index is 0.318. The number of carbonyl (C=O) groups is 1. The van der Waals surface area contributed by atoms with Gasteiger partial charge < -0.3 is 4.74 Å². The van der Waals surface area contributed by atoms with Gasteiger partial charge in [0, 0.05) is 6.08 Å². The van der Waals surface area contributed by atoms with E-state index >= 15 is 0 Å². The van der Waals surface area contributed by atoms with E-state index in [-0.39, 0.29) is 5.97 Å². The van der Waals surface area contributed by atoms with Crippen molar-refractivity contribution in [3.05, 3.63) is 24.8 Å². The van der Waals surface area contributed by atoms with Crippen LogP contribution in [0.15, 0.2) is 24.8 Å². The van der Waals surface area contributed by atoms with E-state index in [0.717, 1.165) is 19.3 Å². The quantitative estimate of drug-likeness (QED) is 0.115. The van der Waals surface area contributed by atoms with Crippen molar-refractivity contribution in [3.63, 3.8) is 0 Å². The summed E-state index contributed by atoms with van der Waals surface area (Å²) in [5.41, 5.74) is 0. The molecular formula is C22H40O2. The summed E-state index contributed by atoms with van der Waals surface area (Å²) in [6, 6.07) is 0. The van der Waals surface area contributed by atoms with Crippen LogP contribution in [-0.4, -0.2) is 12.6 Å². The second-order valence-corrected chi connectivity index (χ2v) is 6.66. The monoisotopic (exact) mass is 336 g/mol. The van der Waals surface area contributed by atoms with Crippen LogP contribution in [0.3, 0.4) is 0 Å². The second kappa shape index (κ2) is 20.0. The SMILES string of the molecule is C=CC(=O)OCCCC/C=C/CCCCCCCCCCCCC. The zero-order valence-electron chi connectivity index (χ0n) is 16.1. The van der Waals surface area contributed by atoms with E-state index in [4.69, 9.17) is 4.74 Å². The number of allylic oxidation sites excluding steroid dienone is 2. The van der Waals surface area contributed by atoms with Gasteiger partial charge >= 0.3 is 5.97 Å². The van der Waals surface area contributed by atoms with Crippen molar-refractivity contribution in [1.29, 1.82) is 0 Å². The van der Waals surface area contributed by atoms with E-state index in [0.29, 0.717) is 6.61 Å². The van der Waals surface area contributed by atoms with Crippen molar-refractivity contribution in [2.24, 2.45) is 0 Å². The summed E-state index contributed by atoms with van der Waals surface area (Å²) < 4.78 is 4.93. The van der Waals surface area contributed by atoms with Crippen LogP contribution in [0.4, 0.5) is 0 Å². The third-order valence-electron chi connectivity index (χ3n) is 4.32. The molecule has 0 saturated heterocycles. The van der Waals surface area contributed by atoms with Crippen LogP contribution in [-0.2, 0) is 9.53 Å². The van der Waals surface area contributed by atoms with Gasteiger partial charge in [0.25, 0.3) is 0 Å². The van der Waals surface area contributed by atoms with Crippen molar-refractivity contribution >= 4 is 5.97 Å². The van der Waals surface area contributed by atoms with Crippen molar-refractivity contribution in [2.75, 3.05) is 6.61 Å². The first kappa shape index (κ1) is 22.9. The minimum Gasteiger partial charge on any atom is -0.463 e.